The van der Waals surface area contributed by atoms with Crippen LogP contribution in [-0.2, 0) is 0 Å². The molecule has 0 bridgehead atoms. The summed E-state index contributed by atoms with van der Waals surface area (Å²) < 4.78 is 1.08. The van der Waals surface area contributed by atoms with E-state index < -0.39 is 0 Å². The highest BCUT2D eigenvalue weighted by atomic mass is 79.9. The van der Waals surface area contributed by atoms with Gasteiger partial charge >= 0.3 is 0 Å². The monoisotopic (exact) mass is 296 g/mol. The molecular formula is C15H21BrO. The molecule has 1 atom stereocenters. The first-order valence-electron chi connectivity index (χ1n) is 6.52. The van der Waals surface area contributed by atoms with Gasteiger partial charge in [-0.3, -0.25) is 0 Å². The van der Waals surface area contributed by atoms with Crippen LogP contribution < -0.4 is 0 Å². The summed E-state index contributed by atoms with van der Waals surface area (Å²) in [6.07, 6.45) is 4.51. The van der Waals surface area contributed by atoms with Gasteiger partial charge in [-0.2, -0.15) is 0 Å². The van der Waals surface area contributed by atoms with Gasteiger partial charge in [-0.05, 0) is 42.7 Å². The maximum absolute atomic E-state index is 10.5. The molecule has 1 aliphatic carbocycles. The lowest BCUT2D eigenvalue weighted by Crippen LogP contribution is -2.19. The van der Waals surface area contributed by atoms with Crippen LogP contribution in [0.5, 0.6) is 0 Å². The van der Waals surface area contributed by atoms with Gasteiger partial charge in [-0.15, -0.1) is 0 Å². The Labute approximate surface area is 112 Å². The van der Waals surface area contributed by atoms with Crippen molar-refractivity contribution in [3.63, 3.8) is 0 Å². The second-order valence-corrected chi connectivity index (χ2v) is 6.24. The van der Waals surface area contributed by atoms with Crippen molar-refractivity contribution in [2.45, 2.75) is 45.6 Å². The Bertz CT molecular complexity index is 381. The molecule has 0 aliphatic heterocycles. The van der Waals surface area contributed by atoms with Crippen molar-refractivity contribution in [3.05, 3.63) is 33.8 Å². The number of hydrogen-bond donors (Lipinski definition) is 1. The molecule has 0 saturated heterocycles. The fraction of sp³-hybridized carbons (Fsp3) is 0.600. The third kappa shape index (κ3) is 2.92. The van der Waals surface area contributed by atoms with Crippen molar-refractivity contribution in [3.8, 4) is 0 Å². The zero-order valence-electron chi connectivity index (χ0n) is 10.6. The molecule has 1 aromatic rings. The van der Waals surface area contributed by atoms with Gasteiger partial charge in [-0.1, -0.05) is 53.9 Å². The van der Waals surface area contributed by atoms with Gasteiger partial charge in [0.05, 0.1) is 6.10 Å². The summed E-state index contributed by atoms with van der Waals surface area (Å²) in [7, 11) is 0. The first kappa shape index (κ1) is 13.1. The summed E-state index contributed by atoms with van der Waals surface area (Å²) in [4.78, 5) is 0. The van der Waals surface area contributed by atoms with Crippen molar-refractivity contribution < 1.29 is 5.11 Å². The highest BCUT2D eigenvalue weighted by Crippen LogP contribution is 2.39. The van der Waals surface area contributed by atoms with E-state index >= 15 is 0 Å². The van der Waals surface area contributed by atoms with Gasteiger partial charge in [0, 0.05) is 4.47 Å². The predicted octanol–water partition coefficient (Wildman–Crippen LogP) is 4.62. The zero-order valence-corrected chi connectivity index (χ0v) is 12.2. The molecule has 2 heteroatoms. The van der Waals surface area contributed by atoms with Crippen LogP contribution in [0.4, 0.5) is 0 Å². The topological polar surface area (TPSA) is 20.2 Å². The lowest BCUT2D eigenvalue weighted by molar-refractivity contribution is 0.0749. The number of aryl methyl sites for hydroxylation is 1. The predicted molar refractivity (Wildman–Crippen MR) is 75.0 cm³/mol. The van der Waals surface area contributed by atoms with E-state index in [2.05, 4.69) is 35.8 Å². The van der Waals surface area contributed by atoms with Crippen molar-refractivity contribution in [1.29, 1.82) is 0 Å². The Morgan fingerprint density at radius 2 is 1.88 bits per heavy atom. The van der Waals surface area contributed by atoms with Gasteiger partial charge in [0.15, 0.2) is 0 Å². The smallest absolute Gasteiger partial charge is 0.0829 e. The van der Waals surface area contributed by atoms with E-state index in [4.69, 9.17) is 0 Å². The van der Waals surface area contributed by atoms with Crippen LogP contribution in [0.2, 0.25) is 0 Å². The number of rotatable bonds is 2. The molecule has 0 radical (unpaired) electrons. The van der Waals surface area contributed by atoms with Crippen molar-refractivity contribution in [2.24, 2.45) is 11.8 Å². The van der Waals surface area contributed by atoms with Crippen LogP contribution in [0.1, 0.15) is 49.8 Å². The maximum Gasteiger partial charge on any atom is 0.0829 e. The molecule has 1 aromatic carbocycles. The van der Waals surface area contributed by atoms with Gasteiger partial charge in [0.25, 0.3) is 0 Å². The normalized spacial score (nSPS) is 26.8. The second-order valence-electron chi connectivity index (χ2n) is 5.44. The van der Waals surface area contributed by atoms with Gasteiger partial charge in [0.2, 0.25) is 0 Å². The molecule has 0 aromatic heterocycles. The summed E-state index contributed by atoms with van der Waals surface area (Å²) in [5.74, 6) is 1.27. The van der Waals surface area contributed by atoms with Crippen LogP contribution >= 0.6 is 15.9 Å². The number of aliphatic hydroxyl groups is 1. The molecule has 94 valence electrons. The Kier molecular flexibility index (Phi) is 4.26. The minimum Gasteiger partial charge on any atom is -0.388 e. The first-order valence-corrected chi connectivity index (χ1v) is 7.32. The summed E-state index contributed by atoms with van der Waals surface area (Å²) >= 11 is 3.60. The maximum atomic E-state index is 10.5. The number of hydrogen-bond acceptors (Lipinski definition) is 1. The van der Waals surface area contributed by atoms with Crippen molar-refractivity contribution in [1.82, 2.24) is 0 Å². The summed E-state index contributed by atoms with van der Waals surface area (Å²) in [5, 5.41) is 10.5. The highest BCUT2D eigenvalue weighted by Gasteiger charge is 2.26. The van der Waals surface area contributed by atoms with Crippen molar-refractivity contribution in [2.75, 3.05) is 0 Å². The SMILES string of the molecule is Cc1cccc(C(O)C2CCC(C)CC2)c1Br. The Balaban J connectivity index is 2.14. The molecule has 1 aliphatic rings. The average molecular weight is 297 g/mol. The molecule has 1 saturated carbocycles. The van der Waals surface area contributed by atoms with E-state index in [1.54, 1.807) is 0 Å². The largest absolute Gasteiger partial charge is 0.388 e. The lowest BCUT2D eigenvalue weighted by Gasteiger charge is -2.30. The first-order chi connectivity index (χ1) is 8.09. The van der Waals surface area contributed by atoms with Crippen molar-refractivity contribution >= 4 is 15.9 Å². The number of halogens is 1. The Morgan fingerprint density at radius 1 is 1.24 bits per heavy atom. The molecular weight excluding hydrogens is 276 g/mol. The number of benzene rings is 1. The van der Waals surface area contributed by atoms with Gasteiger partial charge in [0.1, 0.15) is 0 Å². The molecule has 0 spiro atoms. The van der Waals surface area contributed by atoms with E-state index in [9.17, 15) is 5.11 Å². The fourth-order valence-corrected chi connectivity index (χ4v) is 3.25. The highest BCUT2D eigenvalue weighted by molar-refractivity contribution is 9.10. The van der Waals surface area contributed by atoms with E-state index in [0.29, 0.717) is 5.92 Å². The molecule has 0 heterocycles. The average Bonchev–Trinajstić information content (AvgIpc) is 2.33. The quantitative estimate of drug-likeness (QED) is 0.844. The van der Waals surface area contributed by atoms with Gasteiger partial charge in [-0.25, -0.2) is 0 Å². The van der Waals surface area contributed by atoms with Crippen LogP contribution in [0.15, 0.2) is 22.7 Å². The summed E-state index contributed by atoms with van der Waals surface area (Å²) in [6.45, 7) is 4.38. The molecule has 1 N–H and O–H groups in total. The molecule has 1 fully saturated rings. The molecule has 0 amide bonds. The summed E-state index contributed by atoms with van der Waals surface area (Å²) in [5.41, 5.74) is 2.26. The molecule has 1 unspecified atom stereocenters. The molecule has 2 rings (SSSR count). The molecule has 1 nitrogen and oxygen atoms in total. The van der Waals surface area contributed by atoms with Crippen LogP contribution in [0, 0.1) is 18.8 Å². The van der Waals surface area contributed by atoms with E-state index in [0.717, 1.165) is 28.8 Å². The Hall–Kier alpha value is -0.340. The third-order valence-electron chi connectivity index (χ3n) is 4.05. The van der Waals surface area contributed by atoms with Crippen LogP contribution in [0.25, 0.3) is 0 Å². The Morgan fingerprint density at radius 3 is 2.53 bits per heavy atom. The number of aliphatic hydroxyl groups excluding tert-OH is 1. The molecule has 17 heavy (non-hydrogen) atoms. The van der Waals surface area contributed by atoms with E-state index in [-0.39, 0.29) is 6.10 Å². The van der Waals surface area contributed by atoms with Gasteiger partial charge < -0.3 is 5.11 Å². The minimum atomic E-state index is -0.309. The fourth-order valence-electron chi connectivity index (χ4n) is 2.75. The third-order valence-corrected chi connectivity index (χ3v) is 5.13. The zero-order chi connectivity index (χ0) is 12.4. The van der Waals surface area contributed by atoms with E-state index in [1.165, 1.54) is 18.4 Å². The summed E-state index contributed by atoms with van der Waals surface area (Å²) in [6, 6.07) is 6.15. The lowest BCUT2D eigenvalue weighted by atomic mass is 9.78. The standard InChI is InChI=1S/C15H21BrO/c1-10-6-8-12(9-7-10)15(17)13-5-3-4-11(2)14(13)16/h3-5,10,12,15,17H,6-9H2,1-2H3. The van der Waals surface area contributed by atoms with Crippen LogP contribution in [0.3, 0.4) is 0 Å². The second kappa shape index (κ2) is 5.53. The van der Waals surface area contributed by atoms with Crippen LogP contribution in [-0.4, -0.2) is 5.11 Å². The minimum absolute atomic E-state index is 0.309. The van der Waals surface area contributed by atoms with E-state index in [1.807, 2.05) is 12.1 Å².